The normalized spacial score (nSPS) is 11.9. The molecule has 0 aliphatic carbocycles. The molecule has 3 amide bonds. The summed E-state index contributed by atoms with van der Waals surface area (Å²) in [5.74, 6) is -0.124. The van der Waals surface area contributed by atoms with Crippen LogP contribution in [-0.4, -0.2) is 27.4 Å². The van der Waals surface area contributed by atoms with Gasteiger partial charge in [0.15, 0.2) is 0 Å². The number of hydrogen-bond acceptors (Lipinski definition) is 6. The summed E-state index contributed by atoms with van der Waals surface area (Å²) in [7, 11) is 0. The lowest BCUT2D eigenvalue weighted by atomic mass is 10.1. The molecule has 0 saturated carbocycles. The van der Waals surface area contributed by atoms with Gasteiger partial charge in [-0.1, -0.05) is 30.0 Å². The molecule has 1 heterocycles. The van der Waals surface area contributed by atoms with Crippen molar-refractivity contribution in [2.75, 3.05) is 0 Å². The summed E-state index contributed by atoms with van der Waals surface area (Å²) in [6.45, 7) is 3.55. The van der Waals surface area contributed by atoms with Crippen molar-refractivity contribution in [3.63, 3.8) is 0 Å². The maximum Gasteiger partial charge on any atom is 0.318 e. The van der Waals surface area contributed by atoms with Crippen LogP contribution in [0.3, 0.4) is 0 Å². The quantitative estimate of drug-likeness (QED) is 0.832. The standard InChI is InChI=1S/C13H14N4O3S/c1-7-5-3-4-6-9(7)11-16-17-13(20-11)21-8(2)10(18)15-12(14)19/h3-6,8H,1-2H3,(H3,14,15,18,19). The van der Waals surface area contributed by atoms with Crippen molar-refractivity contribution in [2.24, 2.45) is 5.73 Å². The third-order valence-corrected chi connectivity index (χ3v) is 3.61. The molecule has 7 nitrogen and oxygen atoms in total. The van der Waals surface area contributed by atoms with E-state index in [2.05, 4.69) is 10.2 Å². The van der Waals surface area contributed by atoms with Crippen LogP contribution in [0.25, 0.3) is 11.5 Å². The first kappa shape index (κ1) is 15.0. The first-order valence-electron chi connectivity index (χ1n) is 6.14. The van der Waals surface area contributed by atoms with Crippen LogP contribution < -0.4 is 11.1 Å². The zero-order valence-corrected chi connectivity index (χ0v) is 12.3. The highest BCUT2D eigenvalue weighted by Crippen LogP contribution is 2.27. The maximum atomic E-state index is 11.6. The molecule has 3 N–H and O–H groups in total. The summed E-state index contributed by atoms with van der Waals surface area (Å²) >= 11 is 1.05. The van der Waals surface area contributed by atoms with Crippen LogP contribution in [0, 0.1) is 6.92 Å². The van der Waals surface area contributed by atoms with Gasteiger partial charge in [-0.25, -0.2) is 4.79 Å². The van der Waals surface area contributed by atoms with Crippen LogP contribution in [0.5, 0.6) is 0 Å². The van der Waals surface area contributed by atoms with E-state index in [1.165, 1.54) is 0 Å². The van der Waals surface area contributed by atoms with Gasteiger partial charge in [0.2, 0.25) is 11.8 Å². The molecule has 8 heteroatoms. The summed E-state index contributed by atoms with van der Waals surface area (Å²) in [5.41, 5.74) is 6.74. The van der Waals surface area contributed by atoms with Crippen molar-refractivity contribution in [3.8, 4) is 11.5 Å². The van der Waals surface area contributed by atoms with E-state index in [4.69, 9.17) is 10.2 Å². The van der Waals surface area contributed by atoms with E-state index in [1.807, 2.05) is 36.5 Å². The highest BCUT2D eigenvalue weighted by atomic mass is 32.2. The van der Waals surface area contributed by atoms with Crippen molar-refractivity contribution in [2.45, 2.75) is 24.3 Å². The summed E-state index contributed by atoms with van der Waals surface area (Å²) in [6.07, 6.45) is 0. The van der Waals surface area contributed by atoms with E-state index in [-0.39, 0.29) is 5.22 Å². The van der Waals surface area contributed by atoms with E-state index >= 15 is 0 Å². The van der Waals surface area contributed by atoms with Crippen LogP contribution >= 0.6 is 11.8 Å². The first-order valence-corrected chi connectivity index (χ1v) is 7.02. The average Bonchev–Trinajstić information content (AvgIpc) is 2.86. The Morgan fingerprint density at radius 3 is 2.71 bits per heavy atom. The number of hydrogen-bond donors (Lipinski definition) is 2. The Morgan fingerprint density at radius 2 is 2.05 bits per heavy atom. The Bertz CT molecular complexity index is 671. The number of amides is 3. The molecule has 0 spiro atoms. The number of primary amides is 1. The molecule has 1 atom stereocenters. The minimum Gasteiger partial charge on any atom is -0.411 e. The number of carbonyl (C=O) groups is 2. The third kappa shape index (κ3) is 3.82. The van der Waals surface area contributed by atoms with E-state index in [9.17, 15) is 9.59 Å². The largest absolute Gasteiger partial charge is 0.411 e. The Hall–Kier alpha value is -2.35. The summed E-state index contributed by atoms with van der Waals surface area (Å²) < 4.78 is 5.52. The molecule has 0 aliphatic rings. The third-order valence-electron chi connectivity index (χ3n) is 2.68. The number of nitrogens with zero attached hydrogens (tertiary/aromatic N) is 2. The van der Waals surface area contributed by atoms with Crippen LogP contribution in [0.1, 0.15) is 12.5 Å². The lowest BCUT2D eigenvalue weighted by Crippen LogP contribution is -2.39. The van der Waals surface area contributed by atoms with E-state index < -0.39 is 17.2 Å². The van der Waals surface area contributed by atoms with Gasteiger partial charge in [0.25, 0.3) is 5.22 Å². The molecule has 2 aromatic rings. The first-order chi connectivity index (χ1) is 9.97. The minimum absolute atomic E-state index is 0.250. The number of aryl methyl sites for hydroxylation is 1. The smallest absolute Gasteiger partial charge is 0.318 e. The van der Waals surface area contributed by atoms with Crippen molar-refractivity contribution in [3.05, 3.63) is 29.8 Å². The number of aromatic nitrogens is 2. The molecule has 0 saturated heterocycles. The summed E-state index contributed by atoms with van der Waals surface area (Å²) in [6, 6.07) is 6.72. The zero-order valence-electron chi connectivity index (χ0n) is 11.5. The molecular weight excluding hydrogens is 292 g/mol. The molecule has 110 valence electrons. The number of thioether (sulfide) groups is 1. The van der Waals surface area contributed by atoms with E-state index in [0.29, 0.717) is 5.89 Å². The fourth-order valence-electron chi connectivity index (χ4n) is 1.61. The molecule has 21 heavy (non-hydrogen) atoms. The second-order valence-electron chi connectivity index (χ2n) is 4.30. The Labute approximate surface area is 125 Å². The molecule has 1 aromatic carbocycles. The number of carbonyl (C=O) groups excluding carboxylic acids is 2. The monoisotopic (exact) mass is 306 g/mol. The number of nitrogens with one attached hydrogen (secondary N) is 1. The van der Waals surface area contributed by atoms with Gasteiger partial charge in [-0.15, -0.1) is 10.2 Å². The molecule has 0 bridgehead atoms. The molecular formula is C13H14N4O3S. The number of nitrogens with two attached hydrogens (primary N) is 1. The second-order valence-corrected chi connectivity index (χ2v) is 5.59. The van der Waals surface area contributed by atoms with Crippen LogP contribution in [0.4, 0.5) is 4.79 Å². The van der Waals surface area contributed by atoms with Gasteiger partial charge in [-0.05, 0) is 25.5 Å². The highest BCUT2D eigenvalue weighted by molar-refractivity contribution is 8.00. The molecule has 0 radical (unpaired) electrons. The van der Waals surface area contributed by atoms with Gasteiger partial charge < -0.3 is 10.2 Å². The molecule has 0 aliphatic heterocycles. The van der Waals surface area contributed by atoms with Crippen molar-refractivity contribution < 1.29 is 14.0 Å². The molecule has 1 aromatic heterocycles. The number of urea groups is 1. The lowest BCUT2D eigenvalue weighted by molar-refractivity contribution is -0.119. The minimum atomic E-state index is -0.890. The van der Waals surface area contributed by atoms with Gasteiger partial charge >= 0.3 is 6.03 Å². The predicted octanol–water partition coefficient (Wildman–Crippen LogP) is 1.72. The van der Waals surface area contributed by atoms with Crippen LogP contribution in [0.2, 0.25) is 0 Å². The summed E-state index contributed by atoms with van der Waals surface area (Å²) in [4.78, 5) is 22.2. The van der Waals surface area contributed by atoms with Gasteiger partial charge in [0, 0.05) is 5.56 Å². The van der Waals surface area contributed by atoms with Crippen LogP contribution in [0.15, 0.2) is 33.9 Å². The molecule has 2 rings (SSSR count). The van der Waals surface area contributed by atoms with Gasteiger partial charge in [-0.2, -0.15) is 0 Å². The van der Waals surface area contributed by atoms with Gasteiger partial charge in [0.1, 0.15) is 0 Å². The zero-order chi connectivity index (χ0) is 15.4. The summed E-state index contributed by atoms with van der Waals surface area (Å²) in [5, 5.41) is 9.51. The highest BCUT2D eigenvalue weighted by Gasteiger charge is 2.20. The number of rotatable bonds is 4. The molecule has 1 unspecified atom stereocenters. The van der Waals surface area contributed by atoms with E-state index in [0.717, 1.165) is 22.9 Å². The fourth-order valence-corrected chi connectivity index (χ4v) is 2.29. The van der Waals surface area contributed by atoms with Crippen molar-refractivity contribution in [1.82, 2.24) is 15.5 Å². The van der Waals surface area contributed by atoms with Crippen LogP contribution in [-0.2, 0) is 4.79 Å². The maximum absolute atomic E-state index is 11.6. The average molecular weight is 306 g/mol. The second kappa shape index (κ2) is 6.40. The van der Waals surface area contributed by atoms with Crippen molar-refractivity contribution >= 4 is 23.7 Å². The Kier molecular flexibility index (Phi) is 4.59. The number of imide groups is 1. The van der Waals surface area contributed by atoms with Crippen molar-refractivity contribution in [1.29, 1.82) is 0 Å². The number of benzene rings is 1. The lowest BCUT2D eigenvalue weighted by Gasteiger charge is -2.06. The molecule has 0 fully saturated rings. The predicted molar refractivity (Wildman–Crippen MR) is 77.5 cm³/mol. The van der Waals surface area contributed by atoms with E-state index in [1.54, 1.807) is 6.92 Å². The van der Waals surface area contributed by atoms with Gasteiger partial charge in [0.05, 0.1) is 5.25 Å². The Morgan fingerprint density at radius 1 is 1.33 bits per heavy atom. The SMILES string of the molecule is Cc1ccccc1-c1nnc(SC(C)C(=O)NC(N)=O)o1. The Balaban J connectivity index is 2.09. The van der Waals surface area contributed by atoms with Gasteiger partial charge in [-0.3, -0.25) is 10.1 Å². The topological polar surface area (TPSA) is 111 Å². The fraction of sp³-hybridized carbons (Fsp3) is 0.231.